The summed E-state index contributed by atoms with van der Waals surface area (Å²) in [5.41, 5.74) is 0.644. The van der Waals surface area contributed by atoms with E-state index in [4.69, 9.17) is 11.6 Å². The predicted molar refractivity (Wildman–Crippen MR) is 68.7 cm³/mol. The number of nitrogens with one attached hydrogen (secondary N) is 1. The molecule has 0 radical (unpaired) electrons. The third-order valence-electron chi connectivity index (χ3n) is 3.37. The summed E-state index contributed by atoms with van der Waals surface area (Å²) in [4.78, 5) is 10.4. The average molecular weight is 268 g/mol. The van der Waals surface area contributed by atoms with E-state index in [9.17, 15) is 5.11 Å². The van der Waals surface area contributed by atoms with Crippen LogP contribution in [-0.2, 0) is 0 Å². The molecule has 0 aliphatic heterocycles. The van der Waals surface area contributed by atoms with Crippen molar-refractivity contribution in [3.05, 3.63) is 11.5 Å². The second-order valence-corrected chi connectivity index (χ2v) is 5.16. The van der Waals surface area contributed by atoms with E-state index in [1.54, 1.807) is 6.20 Å². The zero-order chi connectivity index (χ0) is 12.7. The molecule has 7 heteroatoms. The molecule has 2 aromatic heterocycles. The van der Waals surface area contributed by atoms with Crippen LogP contribution in [0.3, 0.4) is 0 Å². The van der Waals surface area contributed by atoms with E-state index in [1.165, 1.54) is 0 Å². The van der Waals surface area contributed by atoms with Crippen molar-refractivity contribution in [3.63, 3.8) is 0 Å². The van der Waals surface area contributed by atoms with E-state index in [2.05, 4.69) is 20.2 Å². The molecule has 2 N–H and O–H groups in total. The summed E-state index contributed by atoms with van der Waals surface area (Å²) in [6.45, 7) is 0.852. The maximum atomic E-state index is 9.30. The molecule has 0 amide bonds. The lowest BCUT2D eigenvalue weighted by Crippen LogP contribution is -2.37. The SMILES string of the molecule is CN(CC1CC(O)C1)c1nc(Cl)nc2[nH]ncc12. The molecule has 2 aromatic rings. The van der Waals surface area contributed by atoms with Crippen molar-refractivity contribution in [2.24, 2.45) is 5.92 Å². The van der Waals surface area contributed by atoms with E-state index >= 15 is 0 Å². The van der Waals surface area contributed by atoms with Crippen LogP contribution < -0.4 is 4.90 Å². The van der Waals surface area contributed by atoms with Gasteiger partial charge in [-0.1, -0.05) is 0 Å². The highest BCUT2D eigenvalue weighted by Gasteiger charge is 2.28. The van der Waals surface area contributed by atoms with Crippen LogP contribution in [0, 0.1) is 5.92 Å². The highest BCUT2D eigenvalue weighted by molar-refractivity contribution is 6.28. The number of aromatic amines is 1. The zero-order valence-electron chi connectivity index (χ0n) is 9.97. The number of halogens is 1. The Balaban J connectivity index is 1.86. The highest BCUT2D eigenvalue weighted by atomic mass is 35.5. The summed E-state index contributed by atoms with van der Waals surface area (Å²) < 4.78 is 0. The van der Waals surface area contributed by atoms with Gasteiger partial charge in [0, 0.05) is 13.6 Å². The van der Waals surface area contributed by atoms with Crippen LogP contribution in [0.5, 0.6) is 0 Å². The van der Waals surface area contributed by atoms with Gasteiger partial charge in [-0.2, -0.15) is 15.1 Å². The van der Waals surface area contributed by atoms with Gasteiger partial charge in [-0.05, 0) is 30.4 Å². The van der Waals surface area contributed by atoms with Crippen molar-refractivity contribution in [3.8, 4) is 0 Å². The smallest absolute Gasteiger partial charge is 0.226 e. The number of rotatable bonds is 3. The van der Waals surface area contributed by atoms with Crippen molar-refractivity contribution >= 4 is 28.5 Å². The Morgan fingerprint density at radius 2 is 2.28 bits per heavy atom. The quantitative estimate of drug-likeness (QED) is 0.818. The van der Waals surface area contributed by atoms with Gasteiger partial charge in [-0.15, -0.1) is 0 Å². The van der Waals surface area contributed by atoms with Crippen molar-refractivity contribution in [1.29, 1.82) is 0 Å². The van der Waals surface area contributed by atoms with Gasteiger partial charge >= 0.3 is 0 Å². The van der Waals surface area contributed by atoms with Crippen molar-refractivity contribution < 1.29 is 5.11 Å². The maximum absolute atomic E-state index is 9.30. The van der Waals surface area contributed by atoms with Gasteiger partial charge in [0.05, 0.1) is 17.7 Å². The lowest BCUT2D eigenvalue weighted by atomic mass is 9.82. The molecule has 1 saturated carbocycles. The number of hydrogen-bond donors (Lipinski definition) is 2. The first kappa shape index (κ1) is 11.7. The van der Waals surface area contributed by atoms with E-state index in [1.807, 2.05) is 11.9 Å². The molecule has 1 aliphatic carbocycles. The Labute approximate surface area is 109 Å². The third-order valence-corrected chi connectivity index (χ3v) is 3.54. The fourth-order valence-corrected chi connectivity index (χ4v) is 2.57. The van der Waals surface area contributed by atoms with E-state index in [0.717, 1.165) is 30.6 Å². The predicted octanol–water partition coefficient (Wildman–Crippen LogP) is 1.21. The normalized spacial score (nSPS) is 23.1. The van der Waals surface area contributed by atoms with Crippen LogP contribution in [-0.4, -0.2) is 45.0 Å². The first-order chi connectivity index (χ1) is 8.63. The summed E-state index contributed by atoms with van der Waals surface area (Å²) in [5.74, 6) is 1.29. The summed E-state index contributed by atoms with van der Waals surface area (Å²) >= 11 is 5.90. The van der Waals surface area contributed by atoms with Crippen LogP contribution in [0.4, 0.5) is 5.82 Å². The van der Waals surface area contributed by atoms with Crippen LogP contribution in [0.15, 0.2) is 6.20 Å². The van der Waals surface area contributed by atoms with Crippen molar-refractivity contribution in [2.45, 2.75) is 18.9 Å². The van der Waals surface area contributed by atoms with Crippen LogP contribution >= 0.6 is 11.6 Å². The largest absolute Gasteiger partial charge is 0.393 e. The topological polar surface area (TPSA) is 77.9 Å². The second-order valence-electron chi connectivity index (χ2n) is 4.82. The Kier molecular flexibility index (Phi) is 2.83. The Bertz CT molecular complexity index is 566. The molecule has 0 saturated heterocycles. The molecule has 0 atom stereocenters. The minimum absolute atomic E-state index is 0.133. The van der Waals surface area contributed by atoms with Gasteiger partial charge in [0.25, 0.3) is 0 Å². The molecule has 96 valence electrons. The van der Waals surface area contributed by atoms with E-state index in [0.29, 0.717) is 11.6 Å². The minimum atomic E-state index is -0.133. The number of aliphatic hydroxyl groups is 1. The Morgan fingerprint density at radius 3 is 3.00 bits per heavy atom. The molecular weight excluding hydrogens is 254 g/mol. The number of fused-ring (bicyclic) bond motifs is 1. The summed E-state index contributed by atoms with van der Waals surface area (Å²) in [7, 11) is 1.97. The second kappa shape index (κ2) is 4.37. The van der Waals surface area contributed by atoms with Crippen LogP contribution in [0.25, 0.3) is 11.0 Å². The van der Waals surface area contributed by atoms with Crippen molar-refractivity contribution in [1.82, 2.24) is 20.2 Å². The van der Waals surface area contributed by atoms with E-state index in [-0.39, 0.29) is 11.4 Å². The van der Waals surface area contributed by atoms with Gasteiger partial charge in [0.2, 0.25) is 5.28 Å². The van der Waals surface area contributed by atoms with Crippen LogP contribution in [0.2, 0.25) is 5.28 Å². The van der Waals surface area contributed by atoms with Gasteiger partial charge in [0.1, 0.15) is 5.82 Å². The van der Waals surface area contributed by atoms with Gasteiger partial charge in [-0.3, -0.25) is 5.10 Å². The average Bonchev–Trinajstić information content (AvgIpc) is 2.73. The number of hydrogen-bond acceptors (Lipinski definition) is 5. The van der Waals surface area contributed by atoms with E-state index < -0.39 is 0 Å². The molecule has 18 heavy (non-hydrogen) atoms. The molecule has 1 fully saturated rings. The van der Waals surface area contributed by atoms with Gasteiger partial charge in [0.15, 0.2) is 5.65 Å². The van der Waals surface area contributed by atoms with Gasteiger partial charge in [-0.25, -0.2) is 0 Å². The lowest BCUT2D eigenvalue weighted by molar-refractivity contribution is 0.0464. The van der Waals surface area contributed by atoms with Crippen molar-refractivity contribution in [2.75, 3.05) is 18.5 Å². The number of aromatic nitrogens is 4. The molecule has 0 bridgehead atoms. The standard InChI is InChI=1S/C11H14ClN5O/c1-17(5-6-2-7(18)3-6)10-8-4-13-16-9(8)14-11(12)15-10/h4,6-7,18H,2-3,5H2,1H3,(H,13,14,15,16). The maximum Gasteiger partial charge on any atom is 0.226 e. The number of aliphatic hydroxyl groups excluding tert-OH is 1. The molecule has 0 unspecified atom stereocenters. The molecule has 6 nitrogen and oxygen atoms in total. The summed E-state index contributed by atoms with van der Waals surface area (Å²) in [6, 6.07) is 0. The Morgan fingerprint density at radius 1 is 1.50 bits per heavy atom. The first-order valence-corrected chi connectivity index (χ1v) is 6.27. The van der Waals surface area contributed by atoms with Crippen LogP contribution in [0.1, 0.15) is 12.8 Å². The third kappa shape index (κ3) is 2.02. The minimum Gasteiger partial charge on any atom is -0.393 e. The number of nitrogens with zero attached hydrogens (tertiary/aromatic N) is 4. The number of anilines is 1. The fraction of sp³-hybridized carbons (Fsp3) is 0.545. The number of H-pyrrole nitrogens is 1. The molecule has 0 aromatic carbocycles. The zero-order valence-corrected chi connectivity index (χ0v) is 10.7. The Hall–Kier alpha value is -1.40. The fourth-order valence-electron chi connectivity index (χ4n) is 2.41. The summed E-state index contributed by atoms with van der Waals surface area (Å²) in [5, 5.41) is 17.1. The van der Waals surface area contributed by atoms with Gasteiger partial charge < -0.3 is 10.0 Å². The monoisotopic (exact) mass is 267 g/mol. The summed E-state index contributed by atoms with van der Waals surface area (Å²) in [6.07, 6.45) is 3.29. The highest BCUT2D eigenvalue weighted by Crippen LogP contribution is 2.30. The first-order valence-electron chi connectivity index (χ1n) is 5.89. The molecule has 1 aliphatic rings. The molecule has 3 rings (SSSR count). The lowest BCUT2D eigenvalue weighted by Gasteiger charge is -2.34. The molecular formula is C11H14ClN5O. The molecule has 0 spiro atoms. The molecule has 2 heterocycles.